The number of allylic oxidation sites excluding steroid dienone is 1. The standard InChI is InChI=1S/C13H16OSe/c1-3-10-13(4-2,11-14)15-12-8-6-5-7-9-12/h3,5-9,11H,1,4,10H2,2H3. The van der Waals surface area contributed by atoms with Crippen molar-refractivity contribution in [3.63, 3.8) is 0 Å². The summed E-state index contributed by atoms with van der Waals surface area (Å²) in [6, 6.07) is 10.2. The third-order valence-electron chi connectivity index (χ3n) is 2.37. The van der Waals surface area contributed by atoms with E-state index in [0.717, 1.165) is 19.1 Å². The van der Waals surface area contributed by atoms with Crippen LogP contribution in [0.3, 0.4) is 0 Å². The minimum absolute atomic E-state index is 0.193. The fraction of sp³-hybridized carbons (Fsp3) is 0.308. The summed E-state index contributed by atoms with van der Waals surface area (Å²) in [4.78, 5) is 11.2. The molecule has 1 aromatic carbocycles. The van der Waals surface area contributed by atoms with Crippen molar-refractivity contribution in [3.05, 3.63) is 43.0 Å². The first kappa shape index (κ1) is 12.2. The number of aldehydes is 1. The second-order valence-corrected chi connectivity index (χ2v) is 6.57. The summed E-state index contributed by atoms with van der Waals surface area (Å²) >= 11 is 0.193. The average Bonchev–Trinajstić information content (AvgIpc) is 2.30. The molecule has 15 heavy (non-hydrogen) atoms. The van der Waals surface area contributed by atoms with Crippen LogP contribution >= 0.6 is 0 Å². The van der Waals surface area contributed by atoms with Crippen molar-refractivity contribution in [2.75, 3.05) is 0 Å². The van der Waals surface area contributed by atoms with Crippen LogP contribution in [0.15, 0.2) is 43.0 Å². The minimum atomic E-state index is -0.198. The molecule has 0 N–H and O–H groups in total. The SMILES string of the molecule is C=CCC(C=O)(CC)[Se]c1ccccc1. The summed E-state index contributed by atoms with van der Waals surface area (Å²) < 4.78 is 1.08. The quantitative estimate of drug-likeness (QED) is 0.439. The molecule has 0 heterocycles. The monoisotopic (exact) mass is 268 g/mol. The van der Waals surface area contributed by atoms with E-state index < -0.39 is 0 Å². The Bertz CT molecular complexity index is 321. The van der Waals surface area contributed by atoms with Crippen LogP contribution in [0.4, 0.5) is 0 Å². The van der Waals surface area contributed by atoms with E-state index in [1.807, 2.05) is 24.3 Å². The topological polar surface area (TPSA) is 17.1 Å². The molecule has 0 amide bonds. The zero-order valence-electron chi connectivity index (χ0n) is 8.98. The van der Waals surface area contributed by atoms with E-state index in [1.165, 1.54) is 4.46 Å². The molecule has 0 aliphatic carbocycles. The van der Waals surface area contributed by atoms with Gasteiger partial charge in [-0.05, 0) is 0 Å². The number of benzene rings is 1. The van der Waals surface area contributed by atoms with Crippen molar-refractivity contribution in [1.29, 1.82) is 0 Å². The van der Waals surface area contributed by atoms with Gasteiger partial charge in [0.2, 0.25) is 0 Å². The molecule has 0 aromatic heterocycles. The van der Waals surface area contributed by atoms with E-state index in [1.54, 1.807) is 0 Å². The second kappa shape index (κ2) is 5.89. The van der Waals surface area contributed by atoms with Gasteiger partial charge in [0.05, 0.1) is 0 Å². The molecule has 0 aliphatic rings. The van der Waals surface area contributed by atoms with Crippen molar-refractivity contribution in [1.82, 2.24) is 0 Å². The predicted molar refractivity (Wildman–Crippen MR) is 65.7 cm³/mol. The van der Waals surface area contributed by atoms with Gasteiger partial charge in [-0.2, -0.15) is 0 Å². The molecular weight excluding hydrogens is 251 g/mol. The molecule has 2 heteroatoms. The second-order valence-electron chi connectivity index (χ2n) is 3.44. The van der Waals surface area contributed by atoms with Crippen LogP contribution < -0.4 is 4.46 Å². The van der Waals surface area contributed by atoms with Gasteiger partial charge < -0.3 is 0 Å². The Balaban J connectivity index is 2.83. The van der Waals surface area contributed by atoms with E-state index in [2.05, 4.69) is 25.6 Å². The van der Waals surface area contributed by atoms with Gasteiger partial charge in [0.25, 0.3) is 0 Å². The van der Waals surface area contributed by atoms with E-state index in [0.29, 0.717) is 0 Å². The molecule has 1 atom stereocenters. The van der Waals surface area contributed by atoms with Gasteiger partial charge in [-0.15, -0.1) is 0 Å². The van der Waals surface area contributed by atoms with Gasteiger partial charge in [-0.25, -0.2) is 0 Å². The van der Waals surface area contributed by atoms with Crippen LogP contribution in [-0.2, 0) is 4.79 Å². The predicted octanol–water partition coefficient (Wildman–Crippen LogP) is 2.36. The summed E-state index contributed by atoms with van der Waals surface area (Å²) in [5.74, 6) is 0. The van der Waals surface area contributed by atoms with Crippen LogP contribution in [-0.4, -0.2) is 21.2 Å². The third-order valence-corrected chi connectivity index (χ3v) is 5.44. The average molecular weight is 267 g/mol. The molecule has 1 aromatic rings. The number of hydrogen-bond acceptors (Lipinski definition) is 1. The Morgan fingerprint density at radius 1 is 1.40 bits per heavy atom. The van der Waals surface area contributed by atoms with Crippen LogP contribution in [0.25, 0.3) is 0 Å². The molecule has 0 spiro atoms. The van der Waals surface area contributed by atoms with E-state index in [4.69, 9.17) is 0 Å². The number of carbonyl (C=O) groups excluding carboxylic acids is 1. The van der Waals surface area contributed by atoms with E-state index in [9.17, 15) is 4.79 Å². The maximum atomic E-state index is 11.2. The first-order valence-electron chi connectivity index (χ1n) is 5.07. The summed E-state index contributed by atoms with van der Waals surface area (Å²) in [6.45, 7) is 5.81. The maximum absolute atomic E-state index is 11.2. The molecular formula is C13H16OSe. The molecule has 1 nitrogen and oxygen atoms in total. The van der Waals surface area contributed by atoms with Gasteiger partial charge in [-0.1, -0.05) is 0 Å². The van der Waals surface area contributed by atoms with Crippen molar-refractivity contribution < 1.29 is 4.79 Å². The van der Waals surface area contributed by atoms with Crippen molar-refractivity contribution in [3.8, 4) is 0 Å². The van der Waals surface area contributed by atoms with Crippen LogP contribution in [0, 0.1) is 0 Å². The van der Waals surface area contributed by atoms with Crippen LogP contribution in [0.1, 0.15) is 19.8 Å². The molecule has 1 unspecified atom stereocenters. The molecule has 0 saturated heterocycles. The van der Waals surface area contributed by atoms with Crippen LogP contribution in [0.5, 0.6) is 0 Å². The van der Waals surface area contributed by atoms with Gasteiger partial charge in [0.15, 0.2) is 0 Å². The Hall–Kier alpha value is -0.851. The van der Waals surface area contributed by atoms with E-state index >= 15 is 0 Å². The molecule has 0 fully saturated rings. The van der Waals surface area contributed by atoms with E-state index in [-0.39, 0.29) is 19.3 Å². The Morgan fingerprint density at radius 2 is 2.07 bits per heavy atom. The first-order valence-corrected chi connectivity index (χ1v) is 6.79. The van der Waals surface area contributed by atoms with Crippen molar-refractivity contribution >= 4 is 25.7 Å². The summed E-state index contributed by atoms with van der Waals surface area (Å²) in [5.41, 5.74) is 0. The fourth-order valence-corrected chi connectivity index (χ4v) is 3.81. The van der Waals surface area contributed by atoms with Crippen LogP contribution in [0.2, 0.25) is 4.31 Å². The number of rotatable bonds is 6. The van der Waals surface area contributed by atoms with Gasteiger partial charge in [-0.3, -0.25) is 0 Å². The Kier molecular flexibility index (Phi) is 4.80. The first-order chi connectivity index (χ1) is 7.26. The molecule has 80 valence electrons. The third kappa shape index (κ3) is 3.33. The summed E-state index contributed by atoms with van der Waals surface area (Å²) in [7, 11) is 0. The molecule has 1 rings (SSSR count). The van der Waals surface area contributed by atoms with Crippen molar-refractivity contribution in [2.45, 2.75) is 24.1 Å². The normalized spacial score (nSPS) is 14.2. The summed E-state index contributed by atoms with van der Waals surface area (Å²) in [5, 5.41) is 0. The van der Waals surface area contributed by atoms with Crippen molar-refractivity contribution in [2.24, 2.45) is 0 Å². The number of carbonyl (C=O) groups is 1. The summed E-state index contributed by atoms with van der Waals surface area (Å²) in [6.07, 6.45) is 4.63. The van der Waals surface area contributed by atoms with Gasteiger partial charge in [0.1, 0.15) is 0 Å². The zero-order valence-corrected chi connectivity index (χ0v) is 10.7. The molecule has 0 saturated carbocycles. The molecule has 0 aliphatic heterocycles. The van der Waals surface area contributed by atoms with Gasteiger partial charge >= 0.3 is 97.6 Å². The number of hydrogen-bond donors (Lipinski definition) is 0. The molecule has 0 bridgehead atoms. The Labute approximate surface area is 97.7 Å². The fourth-order valence-electron chi connectivity index (χ4n) is 1.38. The molecule has 0 radical (unpaired) electrons. The zero-order chi connectivity index (χ0) is 11.1. The van der Waals surface area contributed by atoms with Gasteiger partial charge in [0, 0.05) is 0 Å². The Morgan fingerprint density at radius 3 is 2.53 bits per heavy atom.